The predicted molar refractivity (Wildman–Crippen MR) is 75.1 cm³/mol. The average Bonchev–Trinajstić information content (AvgIpc) is 2.29. The molecule has 1 N–H and O–H groups in total. The van der Waals surface area contributed by atoms with E-state index in [1.54, 1.807) is 0 Å². The summed E-state index contributed by atoms with van der Waals surface area (Å²) in [4.78, 5) is 2.40. The highest BCUT2D eigenvalue weighted by Gasteiger charge is 2.20. The molecule has 0 amide bonds. The summed E-state index contributed by atoms with van der Waals surface area (Å²) in [5.74, 6) is 0.942. The zero-order valence-corrected chi connectivity index (χ0v) is 11.9. The zero-order chi connectivity index (χ0) is 13.2. The molecule has 0 bridgehead atoms. The van der Waals surface area contributed by atoms with Crippen molar-refractivity contribution in [1.29, 1.82) is 0 Å². The number of rotatable bonds is 2. The highest BCUT2D eigenvalue weighted by atomic mass is 16.5. The van der Waals surface area contributed by atoms with E-state index >= 15 is 0 Å². The molecule has 0 aliphatic carbocycles. The summed E-state index contributed by atoms with van der Waals surface area (Å²) < 4.78 is 5.84. The molecular weight excluding hydrogens is 224 g/mol. The molecule has 0 spiro atoms. The van der Waals surface area contributed by atoms with E-state index in [1.165, 1.54) is 5.56 Å². The molecule has 2 rings (SSSR count). The lowest BCUT2D eigenvalue weighted by atomic mass is 10.0. The molecule has 1 fully saturated rings. The average molecular weight is 248 g/mol. The predicted octanol–water partition coefficient (Wildman–Crippen LogP) is 2.44. The number of hydrogen-bond acceptors (Lipinski definition) is 3. The van der Waals surface area contributed by atoms with Gasteiger partial charge < -0.3 is 10.1 Å². The van der Waals surface area contributed by atoms with Crippen molar-refractivity contribution in [2.24, 2.45) is 0 Å². The summed E-state index contributed by atoms with van der Waals surface area (Å²) in [6.45, 7) is 9.42. The molecule has 0 aromatic heterocycles. The van der Waals surface area contributed by atoms with E-state index in [0.717, 1.165) is 25.4 Å². The van der Waals surface area contributed by atoms with E-state index in [1.807, 2.05) is 0 Å². The molecule has 3 nitrogen and oxygen atoms in total. The van der Waals surface area contributed by atoms with Gasteiger partial charge in [0.2, 0.25) is 0 Å². The molecule has 1 aromatic carbocycles. The first-order valence-corrected chi connectivity index (χ1v) is 6.66. The quantitative estimate of drug-likeness (QED) is 0.870. The summed E-state index contributed by atoms with van der Waals surface area (Å²) in [7, 11) is 2.19. The van der Waals surface area contributed by atoms with Crippen molar-refractivity contribution in [3.05, 3.63) is 29.8 Å². The molecule has 3 heteroatoms. The molecule has 1 atom stereocenters. The van der Waals surface area contributed by atoms with Crippen LogP contribution in [0.1, 0.15) is 32.4 Å². The van der Waals surface area contributed by atoms with Crippen LogP contribution in [0.4, 0.5) is 0 Å². The Morgan fingerprint density at radius 3 is 2.44 bits per heavy atom. The highest BCUT2D eigenvalue weighted by Crippen LogP contribution is 2.24. The first kappa shape index (κ1) is 13.4. The molecule has 0 saturated carbocycles. The van der Waals surface area contributed by atoms with Crippen LogP contribution < -0.4 is 10.1 Å². The van der Waals surface area contributed by atoms with E-state index in [4.69, 9.17) is 4.74 Å². The van der Waals surface area contributed by atoms with Gasteiger partial charge in [-0.3, -0.25) is 4.90 Å². The fraction of sp³-hybridized carbons (Fsp3) is 0.600. The first-order valence-electron chi connectivity index (χ1n) is 6.66. The Morgan fingerprint density at radius 2 is 1.89 bits per heavy atom. The Labute approximate surface area is 110 Å². The fourth-order valence-electron chi connectivity index (χ4n) is 2.29. The summed E-state index contributed by atoms with van der Waals surface area (Å²) in [6.07, 6.45) is 0. The monoisotopic (exact) mass is 248 g/mol. The third-order valence-electron chi connectivity index (χ3n) is 3.20. The van der Waals surface area contributed by atoms with Gasteiger partial charge in [-0.2, -0.15) is 0 Å². The summed E-state index contributed by atoms with van der Waals surface area (Å²) >= 11 is 0. The van der Waals surface area contributed by atoms with Crippen LogP contribution in [0.25, 0.3) is 0 Å². The van der Waals surface area contributed by atoms with Gasteiger partial charge in [-0.05, 0) is 45.5 Å². The molecule has 1 unspecified atom stereocenters. The minimum atomic E-state index is -0.134. The van der Waals surface area contributed by atoms with Crippen LogP contribution in [-0.2, 0) is 0 Å². The molecule has 1 saturated heterocycles. The number of hydrogen-bond donors (Lipinski definition) is 1. The number of likely N-dealkylation sites (N-methyl/N-ethyl adjacent to an activating group) is 1. The number of benzene rings is 1. The Hall–Kier alpha value is -1.06. The van der Waals surface area contributed by atoms with Crippen molar-refractivity contribution in [1.82, 2.24) is 10.2 Å². The standard InChI is InChI=1S/C15H24N2O/c1-15(2,3)18-13-7-5-12(6-8-13)14-11-16-9-10-17(14)4/h5-8,14,16H,9-11H2,1-4H3. The molecule has 1 heterocycles. The number of nitrogens with one attached hydrogen (secondary N) is 1. The van der Waals surface area contributed by atoms with Crippen LogP contribution in [0.15, 0.2) is 24.3 Å². The Balaban J connectivity index is 2.07. The fourth-order valence-corrected chi connectivity index (χ4v) is 2.29. The smallest absolute Gasteiger partial charge is 0.120 e. The zero-order valence-electron chi connectivity index (χ0n) is 11.9. The largest absolute Gasteiger partial charge is 0.488 e. The van der Waals surface area contributed by atoms with Gasteiger partial charge >= 0.3 is 0 Å². The van der Waals surface area contributed by atoms with Gasteiger partial charge in [0.25, 0.3) is 0 Å². The minimum absolute atomic E-state index is 0.134. The van der Waals surface area contributed by atoms with Crippen molar-refractivity contribution < 1.29 is 4.74 Å². The van der Waals surface area contributed by atoms with Gasteiger partial charge in [-0.25, -0.2) is 0 Å². The van der Waals surface area contributed by atoms with Crippen LogP contribution in [0.5, 0.6) is 5.75 Å². The van der Waals surface area contributed by atoms with Crippen molar-refractivity contribution in [2.45, 2.75) is 32.4 Å². The van der Waals surface area contributed by atoms with Gasteiger partial charge in [0.1, 0.15) is 11.4 Å². The highest BCUT2D eigenvalue weighted by molar-refractivity contribution is 5.30. The third kappa shape index (κ3) is 3.47. The molecule has 0 radical (unpaired) electrons. The second kappa shape index (κ2) is 5.29. The van der Waals surface area contributed by atoms with Crippen molar-refractivity contribution in [3.63, 3.8) is 0 Å². The number of piperazine rings is 1. The second-order valence-corrected chi connectivity index (χ2v) is 5.98. The van der Waals surface area contributed by atoms with Gasteiger partial charge in [0.15, 0.2) is 0 Å². The maximum atomic E-state index is 5.84. The lowest BCUT2D eigenvalue weighted by Crippen LogP contribution is -2.43. The van der Waals surface area contributed by atoms with Crippen LogP contribution in [0.3, 0.4) is 0 Å². The maximum absolute atomic E-state index is 5.84. The molecule has 100 valence electrons. The maximum Gasteiger partial charge on any atom is 0.120 e. The van der Waals surface area contributed by atoms with Crippen molar-refractivity contribution >= 4 is 0 Å². The molecule has 1 aliphatic heterocycles. The van der Waals surface area contributed by atoms with E-state index in [0.29, 0.717) is 6.04 Å². The van der Waals surface area contributed by atoms with Gasteiger partial charge in [-0.1, -0.05) is 12.1 Å². The summed E-state index contributed by atoms with van der Waals surface area (Å²) in [5.41, 5.74) is 1.22. The third-order valence-corrected chi connectivity index (χ3v) is 3.20. The lowest BCUT2D eigenvalue weighted by Gasteiger charge is -2.33. The van der Waals surface area contributed by atoms with Gasteiger partial charge in [-0.15, -0.1) is 0 Å². The Bertz CT molecular complexity index is 380. The molecular formula is C15H24N2O. The van der Waals surface area contributed by atoms with E-state index in [2.05, 4.69) is 62.3 Å². The summed E-state index contributed by atoms with van der Waals surface area (Å²) in [6, 6.07) is 8.97. The van der Waals surface area contributed by atoms with Crippen molar-refractivity contribution in [2.75, 3.05) is 26.7 Å². The van der Waals surface area contributed by atoms with Crippen LogP contribution in [-0.4, -0.2) is 37.2 Å². The van der Waals surface area contributed by atoms with Gasteiger partial charge in [0.05, 0.1) is 0 Å². The van der Waals surface area contributed by atoms with Gasteiger partial charge in [0, 0.05) is 25.7 Å². The topological polar surface area (TPSA) is 24.5 Å². The molecule has 1 aliphatic rings. The Morgan fingerprint density at radius 1 is 1.22 bits per heavy atom. The van der Waals surface area contributed by atoms with E-state index < -0.39 is 0 Å². The summed E-state index contributed by atoms with van der Waals surface area (Å²) in [5, 5.41) is 3.44. The van der Waals surface area contributed by atoms with Crippen molar-refractivity contribution in [3.8, 4) is 5.75 Å². The number of nitrogens with zero attached hydrogens (tertiary/aromatic N) is 1. The minimum Gasteiger partial charge on any atom is -0.488 e. The molecule has 18 heavy (non-hydrogen) atoms. The van der Waals surface area contributed by atoms with E-state index in [9.17, 15) is 0 Å². The van der Waals surface area contributed by atoms with Crippen LogP contribution in [0, 0.1) is 0 Å². The van der Waals surface area contributed by atoms with E-state index in [-0.39, 0.29) is 5.60 Å². The number of ether oxygens (including phenoxy) is 1. The van der Waals surface area contributed by atoms with Crippen LogP contribution in [0.2, 0.25) is 0 Å². The lowest BCUT2D eigenvalue weighted by molar-refractivity contribution is 0.130. The molecule has 1 aromatic rings. The normalized spacial score (nSPS) is 21.9. The first-order chi connectivity index (χ1) is 8.46. The second-order valence-electron chi connectivity index (χ2n) is 5.98. The SMILES string of the molecule is CN1CCNCC1c1ccc(OC(C)(C)C)cc1. The van der Waals surface area contributed by atoms with Crippen LogP contribution >= 0.6 is 0 Å². The Kier molecular flexibility index (Phi) is 3.93.